The number of aromatic nitrogens is 2. The Balaban J connectivity index is 1.52. The van der Waals surface area contributed by atoms with Crippen LogP contribution < -0.4 is 14.8 Å². The maximum absolute atomic E-state index is 13.8. The molecule has 9 heteroatoms. The lowest BCUT2D eigenvalue weighted by molar-refractivity contribution is -0.118. The normalized spacial score (nSPS) is 12.9. The lowest BCUT2D eigenvalue weighted by atomic mass is 10.2. The molecule has 1 aromatic heterocycles. The average molecular weight is 359 g/mol. The highest BCUT2D eigenvalue weighted by atomic mass is 19.1. The molecule has 0 atom stereocenters. The van der Waals surface area contributed by atoms with Gasteiger partial charge in [-0.15, -0.1) is 0 Å². The first-order valence-electron chi connectivity index (χ1n) is 7.56. The van der Waals surface area contributed by atoms with Crippen LogP contribution in [0.1, 0.15) is 5.82 Å². The third kappa shape index (κ3) is 3.06. The molecule has 1 aliphatic heterocycles. The second kappa shape index (κ2) is 6.43. The molecule has 0 bridgehead atoms. The quantitative estimate of drug-likeness (QED) is 0.771. The van der Waals surface area contributed by atoms with E-state index in [0.29, 0.717) is 17.2 Å². The number of nitrogens with zero attached hydrogens (tertiary/aromatic N) is 2. The van der Waals surface area contributed by atoms with Crippen LogP contribution in [0.5, 0.6) is 11.5 Å². The van der Waals surface area contributed by atoms with Crippen LogP contribution in [0.2, 0.25) is 0 Å². The van der Waals surface area contributed by atoms with Gasteiger partial charge in [-0.3, -0.25) is 4.79 Å². The van der Waals surface area contributed by atoms with Gasteiger partial charge in [0.2, 0.25) is 5.82 Å². The number of hydrogen-bond donors (Lipinski definition) is 1. The summed E-state index contributed by atoms with van der Waals surface area (Å²) in [6.07, 6.45) is 0. The minimum atomic E-state index is -0.807. The molecule has 0 unspecified atom stereocenters. The first-order valence-corrected chi connectivity index (χ1v) is 7.56. The molecular weight excluding hydrogens is 348 g/mol. The number of fused-ring (bicyclic) bond motifs is 1. The summed E-state index contributed by atoms with van der Waals surface area (Å²) in [7, 11) is 0. The average Bonchev–Trinajstić information content (AvgIpc) is 3.08. The molecular formula is C17H11F2N3O4. The molecule has 0 spiro atoms. The topological polar surface area (TPSA) is 86.5 Å². The van der Waals surface area contributed by atoms with Gasteiger partial charge in [0, 0.05) is 6.07 Å². The van der Waals surface area contributed by atoms with Crippen LogP contribution in [-0.4, -0.2) is 22.7 Å². The third-order valence-corrected chi connectivity index (χ3v) is 3.60. The molecule has 3 aromatic rings. The van der Waals surface area contributed by atoms with Gasteiger partial charge in [0.25, 0.3) is 11.8 Å². The van der Waals surface area contributed by atoms with Crippen LogP contribution in [0.15, 0.2) is 40.9 Å². The van der Waals surface area contributed by atoms with Crippen molar-refractivity contribution in [1.82, 2.24) is 10.1 Å². The minimum absolute atomic E-state index is 0.0112. The lowest BCUT2D eigenvalue weighted by Gasteiger charge is -2.20. The van der Waals surface area contributed by atoms with E-state index in [1.54, 1.807) is 18.2 Å². The van der Waals surface area contributed by atoms with Crippen molar-refractivity contribution in [1.29, 1.82) is 0 Å². The Labute approximate surface area is 145 Å². The van der Waals surface area contributed by atoms with Crippen LogP contribution in [0, 0.1) is 11.6 Å². The number of para-hydroxylation sites is 1. The van der Waals surface area contributed by atoms with E-state index in [0.717, 1.165) is 12.1 Å². The second-order valence-electron chi connectivity index (χ2n) is 5.39. The molecule has 1 aliphatic rings. The lowest BCUT2D eigenvalue weighted by Crippen LogP contribution is -2.25. The summed E-state index contributed by atoms with van der Waals surface area (Å²) in [5, 5.41) is 6.38. The van der Waals surface area contributed by atoms with Crippen molar-refractivity contribution >= 4 is 11.6 Å². The number of halogens is 2. The maximum atomic E-state index is 13.8. The molecule has 1 N–H and O–H groups in total. The van der Waals surface area contributed by atoms with Gasteiger partial charge >= 0.3 is 0 Å². The predicted octanol–water partition coefficient (Wildman–Crippen LogP) is 2.92. The van der Waals surface area contributed by atoms with Crippen LogP contribution in [-0.2, 0) is 11.4 Å². The molecule has 2 heterocycles. The summed E-state index contributed by atoms with van der Waals surface area (Å²) in [6, 6.07) is 8.09. The van der Waals surface area contributed by atoms with Crippen molar-refractivity contribution in [2.24, 2.45) is 0 Å². The van der Waals surface area contributed by atoms with Crippen LogP contribution in [0.3, 0.4) is 0 Å². The van der Waals surface area contributed by atoms with Crippen LogP contribution in [0.25, 0.3) is 11.5 Å². The Morgan fingerprint density at radius 2 is 2.12 bits per heavy atom. The van der Waals surface area contributed by atoms with E-state index in [1.165, 1.54) is 6.07 Å². The first kappa shape index (κ1) is 16.0. The maximum Gasteiger partial charge on any atom is 0.262 e. The zero-order valence-corrected chi connectivity index (χ0v) is 13.2. The number of benzene rings is 2. The van der Waals surface area contributed by atoms with E-state index in [1.807, 2.05) is 0 Å². The molecule has 7 nitrogen and oxygen atoms in total. The summed E-state index contributed by atoms with van der Waals surface area (Å²) in [5.74, 6) is -0.871. The fourth-order valence-corrected chi connectivity index (χ4v) is 2.42. The highest BCUT2D eigenvalue weighted by Crippen LogP contribution is 2.36. The molecule has 0 radical (unpaired) electrons. The summed E-state index contributed by atoms with van der Waals surface area (Å²) < 4.78 is 42.6. The highest BCUT2D eigenvalue weighted by Gasteiger charge is 2.20. The molecule has 0 fully saturated rings. The van der Waals surface area contributed by atoms with E-state index in [9.17, 15) is 13.6 Å². The van der Waals surface area contributed by atoms with Gasteiger partial charge in [0.05, 0.1) is 5.56 Å². The van der Waals surface area contributed by atoms with E-state index in [-0.39, 0.29) is 36.4 Å². The number of rotatable bonds is 4. The molecule has 0 saturated heterocycles. The smallest absolute Gasteiger partial charge is 0.262 e. The van der Waals surface area contributed by atoms with Crippen molar-refractivity contribution in [2.75, 3.05) is 11.9 Å². The van der Waals surface area contributed by atoms with Crippen molar-refractivity contribution in [2.45, 2.75) is 6.61 Å². The fraction of sp³-hybridized carbons (Fsp3) is 0.118. The van der Waals surface area contributed by atoms with Crippen molar-refractivity contribution in [3.63, 3.8) is 0 Å². The predicted molar refractivity (Wildman–Crippen MR) is 84.5 cm³/mol. The molecule has 0 aliphatic carbocycles. The second-order valence-corrected chi connectivity index (χ2v) is 5.39. The third-order valence-electron chi connectivity index (χ3n) is 3.60. The molecule has 2 aromatic carbocycles. The van der Waals surface area contributed by atoms with Crippen molar-refractivity contribution in [3.8, 4) is 23.0 Å². The van der Waals surface area contributed by atoms with E-state index < -0.39 is 11.6 Å². The first-order chi connectivity index (χ1) is 12.6. The summed E-state index contributed by atoms with van der Waals surface area (Å²) in [5.41, 5.74) is 0.403. The largest absolute Gasteiger partial charge is 0.483 e. The number of carbonyl (C=O) groups is 1. The van der Waals surface area contributed by atoms with E-state index in [2.05, 4.69) is 15.5 Å². The van der Waals surface area contributed by atoms with Gasteiger partial charge in [-0.05, 0) is 24.3 Å². The number of nitrogens with one attached hydrogen (secondary N) is 1. The molecule has 132 valence electrons. The summed E-state index contributed by atoms with van der Waals surface area (Å²) in [4.78, 5) is 15.5. The number of carbonyl (C=O) groups excluding carboxylic acids is 1. The molecule has 0 saturated carbocycles. The van der Waals surface area contributed by atoms with Gasteiger partial charge in [-0.25, -0.2) is 8.78 Å². The Hall–Kier alpha value is -3.49. The van der Waals surface area contributed by atoms with Gasteiger partial charge in [0.1, 0.15) is 28.8 Å². The summed E-state index contributed by atoms with van der Waals surface area (Å²) in [6.45, 7) is -0.146. The Morgan fingerprint density at radius 3 is 2.96 bits per heavy atom. The number of hydrogen-bond acceptors (Lipinski definition) is 6. The van der Waals surface area contributed by atoms with Crippen molar-refractivity contribution in [3.05, 3.63) is 53.9 Å². The zero-order chi connectivity index (χ0) is 18.1. The van der Waals surface area contributed by atoms with Crippen LogP contribution >= 0.6 is 0 Å². The summed E-state index contributed by atoms with van der Waals surface area (Å²) >= 11 is 0. The molecule has 4 rings (SSSR count). The highest BCUT2D eigenvalue weighted by molar-refractivity contribution is 5.97. The zero-order valence-electron chi connectivity index (χ0n) is 13.2. The number of ether oxygens (including phenoxy) is 2. The van der Waals surface area contributed by atoms with Gasteiger partial charge in [-0.2, -0.15) is 4.98 Å². The van der Waals surface area contributed by atoms with E-state index in [4.69, 9.17) is 14.0 Å². The Bertz CT molecular complexity index is 990. The number of anilines is 1. The molecule has 26 heavy (non-hydrogen) atoms. The SMILES string of the molecule is O=C1COc2cccc(OCc3noc(-c4ccc(F)cc4F)n3)c2N1. The van der Waals surface area contributed by atoms with Crippen LogP contribution in [0.4, 0.5) is 14.5 Å². The van der Waals surface area contributed by atoms with Gasteiger partial charge < -0.3 is 19.3 Å². The fourth-order valence-electron chi connectivity index (χ4n) is 2.42. The minimum Gasteiger partial charge on any atom is -0.483 e. The standard InChI is InChI=1S/C17H11F2N3O4/c18-9-4-5-10(11(19)6-9)17-20-14(22-26-17)7-24-12-2-1-3-13-16(12)21-15(23)8-25-13/h1-6H,7-8H2,(H,21,23). The Morgan fingerprint density at radius 1 is 1.23 bits per heavy atom. The van der Waals surface area contributed by atoms with Gasteiger partial charge in [0.15, 0.2) is 13.2 Å². The molecule has 1 amide bonds. The van der Waals surface area contributed by atoms with Crippen molar-refractivity contribution < 1.29 is 27.6 Å². The Kier molecular flexibility index (Phi) is 3.96. The van der Waals surface area contributed by atoms with E-state index >= 15 is 0 Å². The monoisotopic (exact) mass is 359 g/mol. The van der Waals surface area contributed by atoms with Gasteiger partial charge in [-0.1, -0.05) is 11.2 Å². The number of amides is 1.